The van der Waals surface area contributed by atoms with E-state index in [0.717, 1.165) is 25.9 Å². The maximum absolute atomic E-state index is 12.0. The molecule has 18 heavy (non-hydrogen) atoms. The Balaban J connectivity index is 2.40. The molecule has 0 spiro atoms. The van der Waals surface area contributed by atoms with Crippen LogP contribution in [0.15, 0.2) is 43.0 Å². The molecule has 0 aromatic heterocycles. The number of nitrogens with one attached hydrogen (secondary N) is 1. The zero-order valence-corrected chi connectivity index (χ0v) is 10.9. The molecular weight excluding hydrogens is 224 g/mol. The summed E-state index contributed by atoms with van der Waals surface area (Å²) < 4.78 is 0. The Bertz CT molecular complexity index is 421. The minimum atomic E-state index is -0.197. The van der Waals surface area contributed by atoms with Crippen molar-refractivity contribution in [2.45, 2.75) is 18.4 Å². The molecule has 1 N–H and O–H groups in total. The number of piperidine rings is 1. The highest BCUT2D eigenvalue weighted by Crippen LogP contribution is 2.36. The van der Waals surface area contributed by atoms with Crippen LogP contribution < -0.4 is 5.32 Å². The Hall–Kier alpha value is -1.61. The topological polar surface area (TPSA) is 32.3 Å². The van der Waals surface area contributed by atoms with Crippen molar-refractivity contribution in [1.29, 1.82) is 0 Å². The Morgan fingerprint density at radius 1 is 1.33 bits per heavy atom. The first-order valence-corrected chi connectivity index (χ1v) is 6.37. The molecule has 1 saturated heterocycles. The molecule has 1 heterocycles. The van der Waals surface area contributed by atoms with Crippen molar-refractivity contribution in [3.63, 3.8) is 0 Å². The molecule has 2 rings (SSSR count). The number of amides is 1. The van der Waals surface area contributed by atoms with Gasteiger partial charge in [0.1, 0.15) is 0 Å². The van der Waals surface area contributed by atoms with Gasteiger partial charge in [0.25, 0.3) is 0 Å². The predicted molar refractivity (Wildman–Crippen MR) is 73.2 cm³/mol. The monoisotopic (exact) mass is 244 g/mol. The molecule has 1 aliphatic heterocycles. The largest absolute Gasteiger partial charge is 0.332 e. The van der Waals surface area contributed by atoms with Crippen LogP contribution in [0.4, 0.5) is 0 Å². The molecule has 96 valence electrons. The van der Waals surface area contributed by atoms with E-state index in [9.17, 15) is 4.79 Å². The predicted octanol–water partition coefficient (Wildman–Crippen LogP) is 1.91. The summed E-state index contributed by atoms with van der Waals surface area (Å²) in [6.45, 7) is 5.46. The minimum Gasteiger partial charge on any atom is -0.332 e. The van der Waals surface area contributed by atoms with Crippen LogP contribution in [0.3, 0.4) is 0 Å². The van der Waals surface area contributed by atoms with Gasteiger partial charge in [0.15, 0.2) is 0 Å². The average Bonchev–Trinajstić information content (AvgIpc) is 2.47. The number of rotatable bonds is 3. The van der Waals surface area contributed by atoms with Crippen molar-refractivity contribution < 1.29 is 4.79 Å². The van der Waals surface area contributed by atoms with Gasteiger partial charge in [-0.15, -0.1) is 0 Å². The third-order valence-corrected chi connectivity index (χ3v) is 3.89. The Kier molecular flexibility index (Phi) is 3.82. The third kappa shape index (κ3) is 2.18. The molecule has 1 fully saturated rings. The number of hydrogen-bond donors (Lipinski definition) is 1. The molecule has 0 aliphatic carbocycles. The van der Waals surface area contributed by atoms with Gasteiger partial charge in [-0.25, -0.2) is 0 Å². The first-order chi connectivity index (χ1) is 8.70. The van der Waals surface area contributed by atoms with Gasteiger partial charge < -0.3 is 10.2 Å². The van der Waals surface area contributed by atoms with E-state index in [1.807, 2.05) is 30.1 Å². The van der Waals surface area contributed by atoms with Crippen molar-refractivity contribution >= 4 is 5.91 Å². The fraction of sp³-hybridized carbons (Fsp3) is 0.400. The van der Waals surface area contributed by atoms with Gasteiger partial charge >= 0.3 is 0 Å². The molecule has 0 saturated carbocycles. The second-order valence-corrected chi connectivity index (χ2v) is 4.75. The molecule has 0 bridgehead atoms. The molecule has 1 aliphatic rings. The number of carbonyl (C=O) groups excluding carboxylic acids is 1. The van der Waals surface area contributed by atoms with E-state index >= 15 is 0 Å². The van der Waals surface area contributed by atoms with Crippen molar-refractivity contribution in [3.8, 4) is 0 Å². The second kappa shape index (κ2) is 5.36. The minimum absolute atomic E-state index is 0.0132. The summed E-state index contributed by atoms with van der Waals surface area (Å²) in [5.41, 5.74) is 1.02. The SMILES string of the molecule is C=CC(=O)N(C)C1(c2ccccc2)CCNCC1. The lowest BCUT2D eigenvalue weighted by molar-refractivity contribution is -0.132. The molecule has 3 heteroatoms. The van der Waals surface area contributed by atoms with Gasteiger partial charge in [0.2, 0.25) is 5.91 Å². The Labute approximate surface area is 108 Å². The highest BCUT2D eigenvalue weighted by atomic mass is 16.2. The lowest BCUT2D eigenvalue weighted by Gasteiger charge is -2.45. The van der Waals surface area contributed by atoms with Crippen molar-refractivity contribution in [2.75, 3.05) is 20.1 Å². The summed E-state index contributed by atoms with van der Waals surface area (Å²) in [7, 11) is 1.88. The number of nitrogens with zero attached hydrogens (tertiary/aromatic N) is 1. The van der Waals surface area contributed by atoms with E-state index < -0.39 is 0 Å². The molecule has 0 unspecified atom stereocenters. The lowest BCUT2D eigenvalue weighted by Crippen LogP contribution is -2.52. The average molecular weight is 244 g/mol. The summed E-state index contributed by atoms with van der Waals surface area (Å²) in [6.07, 6.45) is 3.27. The zero-order chi connectivity index (χ0) is 13.0. The fourth-order valence-electron chi connectivity index (χ4n) is 2.75. The van der Waals surface area contributed by atoms with E-state index in [-0.39, 0.29) is 11.4 Å². The first-order valence-electron chi connectivity index (χ1n) is 6.37. The quantitative estimate of drug-likeness (QED) is 0.824. The smallest absolute Gasteiger partial charge is 0.246 e. The fourth-order valence-corrected chi connectivity index (χ4v) is 2.75. The molecule has 0 radical (unpaired) electrons. The second-order valence-electron chi connectivity index (χ2n) is 4.75. The summed E-state index contributed by atoms with van der Waals surface area (Å²) in [6, 6.07) is 10.3. The third-order valence-electron chi connectivity index (χ3n) is 3.89. The van der Waals surface area contributed by atoms with Crippen LogP contribution in [0.5, 0.6) is 0 Å². The molecule has 0 atom stereocenters. The van der Waals surface area contributed by atoms with E-state index in [0.29, 0.717) is 0 Å². The normalized spacial score (nSPS) is 18.1. The van der Waals surface area contributed by atoms with E-state index in [1.54, 1.807) is 0 Å². The Morgan fingerprint density at radius 3 is 2.50 bits per heavy atom. The maximum Gasteiger partial charge on any atom is 0.246 e. The van der Waals surface area contributed by atoms with Crippen molar-refractivity contribution in [2.24, 2.45) is 0 Å². The van der Waals surface area contributed by atoms with Gasteiger partial charge in [-0.2, -0.15) is 0 Å². The highest BCUT2D eigenvalue weighted by Gasteiger charge is 2.39. The molecule has 1 aromatic carbocycles. The number of likely N-dealkylation sites (N-methyl/N-ethyl adjacent to an activating group) is 1. The standard InChI is InChI=1S/C15H20N2O/c1-3-14(18)17(2)15(9-11-16-12-10-15)13-7-5-4-6-8-13/h3-8,16H,1,9-12H2,2H3. The molecular formula is C15H20N2O. The van der Waals surface area contributed by atoms with Gasteiger partial charge in [-0.1, -0.05) is 36.9 Å². The first kappa shape index (κ1) is 12.8. The lowest BCUT2D eigenvalue weighted by atomic mass is 9.80. The number of benzene rings is 1. The van der Waals surface area contributed by atoms with Crippen LogP contribution in [-0.2, 0) is 10.3 Å². The molecule has 1 amide bonds. The summed E-state index contributed by atoms with van der Waals surface area (Å²) in [4.78, 5) is 13.8. The van der Waals surface area contributed by atoms with Gasteiger partial charge in [-0.05, 0) is 37.6 Å². The summed E-state index contributed by atoms with van der Waals surface area (Å²) in [5.74, 6) is -0.0132. The van der Waals surface area contributed by atoms with Crippen molar-refractivity contribution in [3.05, 3.63) is 48.6 Å². The summed E-state index contributed by atoms with van der Waals surface area (Å²) in [5, 5.41) is 3.36. The number of carbonyl (C=O) groups is 1. The van der Waals surface area contributed by atoms with E-state index in [1.165, 1.54) is 11.6 Å². The van der Waals surface area contributed by atoms with Crippen LogP contribution >= 0.6 is 0 Å². The van der Waals surface area contributed by atoms with E-state index in [4.69, 9.17) is 0 Å². The van der Waals surface area contributed by atoms with Crippen LogP contribution in [0.2, 0.25) is 0 Å². The highest BCUT2D eigenvalue weighted by molar-refractivity contribution is 5.87. The number of hydrogen-bond acceptors (Lipinski definition) is 2. The van der Waals surface area contributed by atoms with Gasteiger partial charge in [-0.3, -0.25) is 4.79 Å². The summed E-state index contributed by atoms with van der Waals surface area (Å²) >= 11 is 0. The molecule has 3 nitrogen and oxygen atoms in total. The maximum atomic E-state index is 12.0. The van der Waals surface area contributed by atoms with Crippen LogP contribution in [0, 0.1) is 0 Å². The van der Waals surface area contributed by atoms with E-state index in [2.05, 4.69) is 24.0 Å². The van der Waals surface area contributed by atoms with Crippen LogP contribution in [0.25, 0.3) is 0 Å². The van der Waals surface area contributed by atoms with Crippen LogP contribution in [0.1, 0.15) is 18.4 Å². The van der Waals surface area contributed by atoms with Crippen molar-refractivity contribution in [1.82, 2.24) is 10.2 Å². The van der Waals surface area contributed by atoms with Gasteiger partial charge in [0, 0.05) is 7.05 Å². The van der Waals surface area contributed by atoms with Gasteiger partial charge in [0.05, 0.1) is 5.54 Å². The molecule has 1 aromatic rings. The Morgan fingerprint density at radius 2 is 1.94 bits per heavy atom. The zero-order valence-electron chi connectivity index (χ0n) is 10.9. The van der Waals surface area contributed by atoms with Crippen LogP contribution in [-0.4, -0.2) is 30.9 Å².